The number of benzene rings is 4. The summed E-state index contributed by atoms with van der Waals surface area (Å²) in [6.07, 6.45) is 0.188. The third-order valence-electron chi connectivity index (χ3n) is 7.86. The first-order valence-electron chi connectivity index (χ1n) is 15.3. The Morgan fingerprint density at radius 3 is 2.13 bits per heavy atom. The van der Waals surface area contributed by atoms with Gasteiger partial charge in [-0.25, -0.2) is 8.42 Å². The molecule has 0 unspecified atom stereocenters. The van der Waals surface area contributed by atoms with Crippen molar-refractivity contribution in [2.24, 2.45) is 0 Å². The molecule has 0 heterocycles. The van der Waals surface area contributed by atoms with Crippen LogP contribution in [0.1, 0.15) is 48.6 Å². The van der Waals surface area contributed by atoms with E-state index in [4.69, 9.17) is 23.2 Å². The lowest BCUT2D eigenvalue weighted by Gasteiger charge is -2.35. The van der Waals surface area contributed by atoms with Crippen LogP contribution in [0.3, 0.4) is 0 Å². The SMILES string of the molecule is Cc1ccc(S(=O)(=O)N(CC(=O)N(Cc2ccc(Cl)cc2Cl)[C@@H](Cc2ccccc2)C(=O)NC(C)(C)C)c2cccc(C)c2C)cc1. The highest BCUT2D eigenvalue weighted by atomic mass is 35.5. The number of anilines is 1. The quantitative estimate of drug-likeness (QED) is 0.175. The summed E-state index contributed by atoms with van der Waals surface area (Å²) in [6, 6.07) is 25.2. The Kier molecular flexibility index (Phi) is 11.4. The highest BCUT2D eigenvalue weighted by molar-refractivity contribution is 7.92. The number of amides is 2. The van der Waals surface area contributed by atoms with E-state index in [2.05, 4.69) is 5.32 Å². The van der Waals surface area contributed by atoms with E-state index in [0.29, 0.717) is 21.3 Å². The summed E-state index contributed by atoms with van der Waals surface area (Å²) in [6.45, 7) is 10.6. The summed E-state index contributed by atoms with van der Waals surface area (Å²) in [5, 5.41) is 3.78. The summed E-state index contributed by atoms with van der Waals surface area (Å²) in [7, 11) is -4.22. The van der Waals surface area contributed by atoms with E-state index in [-0.39, 0.29) is 23.8 Å². The maximum atomic E-state index is 14.7. The van der Waals surface area contributed by atoms with Crippen molar-refractivity contribution >= 4 is 50.7 Å². The molecule has 7 nitrogen and oxygen atoms in total. The van der Waals surface area contributed by atoms with Crippen LogP contribution in [0.2, 0.25) is 10.0 Å². The summed E-state index contributed by atoms with van der Waals surface area (Å²) in [4.78, 5) is 30.2. The molecule has 0 saturated heterocycles. The second-order valence-electron chi connectivity index (χ2n) is 12.7. The van der Waals surface area contributed by atoms with Gasteiger partial charge in [0.15, 0.2) is 0 Å². The largest absolute Gasteiger partial charge is 0.350 e. The minimum atomic E-state index is -4.22. The molecule has 47 heavy (non-hydrogen) atoms. The zero-order valence-electron chi connectivity index (χ0n) is 27.6. The standard InChI is InChI=1S/C37H41Cl2N3O4S/c1-25-15-19-31(20-16-25)47(45,46)42(33-14-10-11-26(2)27(33)3)24-35(43)41(23-29-17-18-30(38)22-32(29)39)34(36(44)40-37(4,5)6)21-28-12-8-7-9-13-28/h7-20,22,34H,21,23-24H2,1-6H3,(H,40,44)/t34-/m0/s1. The maximum absolute atomic E-state index is 14.7. The highest BCUT2D eigenvalue weighted by Crippen LogP contribution is 2.30. The van der Waals surface area contributed by atoms with Crippen LogP contribution < -0.4 is 9.62 Å². The molecule has 0 aliphatic carbocycles. The van der Waals surface area contributed by atoms with E-state index in [0.717, 1.165) is 26.6 Å². The van der Waals surface area contributed by atoms with E-state index in [1.807, 2.05) is 77.9 Å². The monoisotopic (exact) mass is 693 g/mol. The molecule has 0 saturated carbocycles. The average molecular weight is 695 g/mol. The molecule has 10 heteroatoms. The van der Waals surface area contributed by atoms with Crippen molar-refractivity contribution in [2.75, 3.05) is 10.8 Å². The number of halogens is 2. The first-order valence-corrected chi connectivity index (χ1v) is 17.5. The Balaban J connectivity index is 1.87. The van der Waals surface area contributed by atoms with Crippen LogP contribution in [0.4, 0.5) is 5.69 Å². The van der Waals surface area contributed by atoms with Gasteiger partial charge < -0.3 is 10.2 Å². The van der Waals surface area contributed by atoms with E-state index in [9.17, 15) is 18.0 Å². The van der Waals surface area contributed by atoms with Gasteiger partial charge in [-0.1, -0.05) is 89.4 Å². The van der Waals surface area contributed by atoms with Gasteiger partial charge in [0.1, 0.15) is 12.6 Å². The molecule has 0 aliphatic heterocycles. The lowest BCUT2D eigenvalue weighted by atomic mass is 10.0. The van der Waals surface area contributed by atoms with Crippen molar-refractivity contribution in [1.82, 2.24) is 10.2 Å². The summed E-state index contributed by atoms with van der Waals surface area (Å²) < 4.78 is 29.8. The van der Waals surface area contributed by atoms with Gasteiger partial charge in [0.2, 0.25) is 11.8 Å². The molecular formula is C37H41Cl2N3O4S. The third-order valence-corrected chi connectivity index (χ3v) is 10.2. The molecule has 4 aromatic carbocycles. The predicted molar refractivity (Wildman–Crippen MR) is 190 cm³/mol. The number of sulfonamides is 1. The molecule has 0 bridgehead atoms. The van der Waals surface area contributed by atoms with Crippen LogP contribution in [0, 0.1) is 20.8 Å². The predicted octanol–water partition coefficient (Wildman–Crippen LogP) is 7.67. The molecule has 0 aliphatic rings. The Morgan fingerprint density at radius 1 is 0.851 bits per heavy atom. The van der Waals surface area contributed by atoms with Crippen LogP contribution in [-0.2, 0) is 32.6 Å². The number of rotatable bonds is 11. The van der Waals surface area contributed by atoms with E-state index >= 15 is 0 Å². The van der Waals surface area contributed by atoms with Gasteiger partial charge in [-0.15, -0.1) is 0 Å². The lowest BCUT2D eigenvalue weighted by molar-refractivity contribution is -0.140. The summed E-state index contributed by atoms with van der Waals surface area (Å²) >= 11 is 12.8. The number of hydrogen-bond donors (Lipinski definition) is 1. The summed E-state index contributed by atoms with van der Waals surface area (Å²) in [5.74, 6) is -0.947. The fraction of sp³-hybridized carbons (Fsp3) is 0.297. The van der Waals surface area contributed by atoms with Crippen LogP contribution in [0.25, 0.3) is 0 Å². The third kappa shape index (κ3) is 9.15. The zero-order chi connectivity index (χ0) is 34.5. The van der Waals surface area contributed by atoms with E-state index in [1.54, 1.807) is 42.5 Å². The van der Waals surface area contributed by atoms with Gasteiger partial charge in [-0.3, -0.25) is 13.9 Å². The molecule has 4 rings (SSSR count). The van der Waals surface area contributed by atoms with Crippen molar-refractivity contribution in [3.63, 3.8) is 0 Å². The fourth-order valence-electron chi connectivity index (χ4n) is 5.20. The first-order chi connectivity index (χ1) is 22.1. The Labute approximate surface area is 288 Å². The second kappa shape index (κ2) is 14.9. The van der Waals surface area contributed by atoms with E-state index < -0.39 is 34.1 Å². The van der Waals surface area contributed by atoms with Gasteiger partial charge in [0.05, 0.1) is 10.6 Å². The molecule has 2 amide bonds. The van der Waals surface area contributed by atoms with Crippen molar-refractivity contribution in [1.29, 1.82) is 0 Å². The van der Waals surface area contributed by atoms with Crippen molar-refractivity contribution in [2.45, 2.75) is 71.0 Å². The van der Waals surface area contributed by atoms with Crippen LogP contribution in [-0.4, -0.2) is 43.3 Å². The number of nitrogens with zero attached hydrogens (tertiary/aromatic N) is 2. The van der Waals surface area contributed by atoms with Crippen LogP contribution >= 0.6 is 23.2 Å². The fourth-order valence-corrected chi connectivity index (χ4v) is 7.14. The van der Waals surface area contributed by atoms with Crippen LogP contribution in [0.5, 0.6) is 0 Å². The minimum absolute atomic E-state index is 0.0513. The zero-order valence-corrected chi connectivity index (χ0v) is 29.9. The normalized spacial score (nSPS) is 12.3. The molecule has 1 N–H and O–H groups in total. The van der Waals surface area contributed by atoms with Crippen LogP contribution in [0.15, 0.2) is 95.9 Å². The molecule has 0 fully saturated rings. The number of nitrogens with one attached hydrogen (secondary N) is 1. The minimum Gasteiger partial charge on any atom is -0.350 e. The number of hydrogen-bond acceptors (Lipinski definition) is 4. The molecule has 0 aromatic heterocycles. The van der Waals surface area contributed by atoms with Gasteiger partial charge in [-0.2, -0.15) is 0 Å². The average Bonchev–Trinajstić information content (AvgIpc) is 3.00. The smallest absolute Gasteiger partial charge is 0.264 e. The number of aryl methyl sites for hydroxylation is 2. The number of carbonyl (C=O) groups excluding carboxylic acids is 2. The molecule has 4 aromatic rings. The molecular weight excluding hydrogens is 653 g/mol. The topological polar surface area (TPSA) is 86.8 Å². The molecule has 0 radical (unpaired) electrons. The molecule has 0 spiro atoms. The lowest BCUT2D eigenvalue weighted by Crippen LogP contribution is -2.56. The van der Waals surface area contributed by atoms with Gasteiger partial charge >= 0.3 is 0 Å². The Morgan fingerprint density at radius 2 is 1.51 bits per heavy atom. The van der Waals surface area contributed by atoms with Gasteiger partial charge in [0.25, 0.3) is 10.0 Å². The van der Waals surface area contributed by atoms with Crippen molar-refractivity contribution < 1.29 is 18.0 Å². The van der Waals surface area contributed by atoms with Crippen molar-refractivity contribution in [3.05, 3.63) is 129 Å². The van der Waals surface area contributed by atoms with E-state index in [1.165, 1.54) is 17.0 Å². The maximum Gasteiger partial charge on any atom is 0.264 e. The Hall–Kier alpha value is -3.85. The second-order valence-corrected chi connectivity index (χ2v) is 15.5. The van der Waals surface area contributed by atoms with Crippen molar-refractivity contribution in [3.8, 4) is 0 Å². The highest BCUT2D eigenvalue weighted by Gasteiger charge is 2.36. The summed E-state index contributed by atoms with van der Waals surface area (Å²) in [5.41, 5.74) is 3.66. The van der Waals surface area contributed by atoms with Gasteiger partial charge in [-0.05, 0) is 94.1 Å². The Bertz CT molecular complexity index is 1840. The van der Waals surface area contributed by atoms with Gasteiger partial charge in [0, 0.05) is 28.5 Å². The molecule has 248 valence electrons. The molecule has 1 atom stereocenters. The number of carbonyl (C=O) groups is 2. The first kappa shape index (κ1) is 36.0.